The number of hydrogen-bond acceptors (Lipinski definition) is 4. The Labute approximate surface area is 108 Å². The average Bonchev–Trinajstić information content (AvgIpc) is 2.36. The molecule has 1 aliphatic rings. The Hall–Kier alpha value is -1.14. The van der Waals surface area contributed by atoms with Crippen LogP contribution in [-0.2, 0) is 14.3 Å². The highest BCUT2D eigenvalue weighted by atomic mass is 16.5. The van der Waals surface area contributed by atoms with Gasteiger partial charge in [-0.15, -0.1) is 0 Å². The molecule has 0 aliphatic carbocycles. The monoisotopic (exact) mass is 257 g/mol. The molecular formula is C12H23N3O3. The lowest BCUT2D eigenvalue weighted by atomic mass is 10.2. The van der Waals surface area contributed by atoms with E-state index in [-0.39, 0.29) is 24.5 Å². The summed E-state index contributed by atoms with van der Waals surface area (Å²) in [5.74, 6) is -0.0886. The Morgan fingerprint density at radius 2 is 2.06 bits per heavy atom. The van der Waals surface area contributed by atoms with Gasteiger partial charge < -0.3 is 19.9 Å². The molecule has 0 saturated carbocycles. The number of carbonyl (C=O) groups is 2. The van der Waals surface area contributed by atoms with Gasteiger partial charge in [-0.05, 0) is 6.92 Å². The van der Waals surface area contributed by atoms with Gasteiger partial charge in [0.05, 0.1) is 25.7 Å². The van der Waals surface area contributed by atoms with Gasteiger partial charge in [0.15, 0.2) is 0 Å². The first-order valence-corrected chi connectivity index (χ1v) is 6.34. The topological polar surface area (TPSA) is 61.9 Å². The van der Waals surface area contributed by atoms with E-state index in [2.05, 4.69) is 5.32 Å². The molecule has 1 rings (SSSR count). The summed E-state index contributed by atoms with van der Waals surface area (Å²) in [5, 5.41) is 3.19. The molecule has 1 saturated heterocycles. The molecule has 0 aromatic rings. The van der Waals surface area contributed by atoms with E-state index >= 15 is 0 Å². The van der Waals surface area contributed by atoms with Crippen LogP contribution in [0.25, 0.3) is 0 Å². The van der Waals surface area contributed by atoms with E-state index in [1.807, 2.05) is 6.92 Å². The molecule has 1 aliphatic heterocycles. The van der Waals surface area contributed by atoms with Crippen molar-refractivity contribution >= 4 is 11.8 Å². The van der Waals surface area contributed by atoms with Crippen LogP contribution in [0.5, 0.6) is 0 Å². The Morgan fingerprint density at radius 1 is 1.33 bits per heavy atom. The summed E-state index contributed by atoms with van der Waals surface area (Å²) in [6.07, 6.45) is 0.261. The van der Waals surface area contributed by atoms with Crippen LogP contribution in [0.1, 0.15) is 13.3 Å². The third-order valence-corrected chi connectivity index (χ3v) is 2.97. The van der Waals surface area contributed by atoms with Crippen LogP contribution in [-0.4, -0.2) is 74.6 Å². The van der Waals surface area contributed by atoms with Crippen LogP contribution in [0, 0.1) is 0 Å². The van der Waals surface area contributed by atoms with Crippen molar-refractivity contribution in [1.82, 2.24) is 15.1 Å². The van der Waals surface area contributed by atoms with Crippen LogP contribution >= 0.6 is 0 Å². The molecule has 0 aromatic heterocycles. The fourth-order valence-electron chi connectivity index (χ4n) is 1.76. The number of hydrogen-bond donors (Lipinski definition) is 1. The minimum absolute atomic E-state index is 0.0265. The summed E-state index contributed by atoms with van der Waals surface area (Å²) in [5.41, 5.74) is 0. The molecule has 2 amide bonds. The van der Waals surface area contributed by atoms with E-state index in [0.29, 0.717) is 26.1 Å². The Morgan fingerprint density at radius 3 is 2.56 bits per heavy atom. The largest absolute Gasteiger partial charge is 0.375 e. The molecule has 18 heavy (non-hydrogen) atoms. The molecule has 1 fully saturated rings. The summed E-state index contributed by atoms with van der Waals surface area (Å²) < 4.78 is 5.49. The van der Waals surface area contributed by atoms with Crippen LogP contribution in [0.4, 0.5) is 0 Å². The van der Waals surface area contributed by atoms with Crippen molar-refractivity contribution < 1.29 is 14.3 Å². The van der Waals surface area contributed by atoms with Crippen molar-refractivity contribution in [3.05, 3.63) is 0 Å². The van der Waals surface area contributed by atoms with Gasteiger partial charge in [0.2, 0.25) is 11.8 Å². The zero-order valence-corrected chi connectivity index (χ0v) is 11.4. The zero-order valence-electron chi connectivity index (χ0n) is 11.4. The number of amides is 2. The fourth-order valence-corrected chi connectivity index (χ4v) is 1.76. The third-order valence-electron chi connectivity index (χ3n) is 2.97. The van der Waals surface area contributed by atoms with Crippen LogP contribution in [0.2, 0.25) is 0 Å². The number of morpholine rings is 1. The van der Waals surface area contributed by atoms with Gasteiger partial charge in [0.25, 0.3) is 0 Å². The second-order valence-corrected chi connectivity index (χ2v) is 4.60. The highest BCUT2D eigenvalue weighted by molar-refractivity contribution is 5.84. The maximum Gasteiger partial charge on any atom is 0.241 e. The summed E-state index contributed by atoms with van der Waals surface area (Å²) in [6.45, 7) is 4.73. The summed E-state index contributed by atoms with van der Waals surface area (Å²) in [4.78, 5) is 26.7. The van der Waals surface area contributed by atoms with Crippen LogP contribution in [0.3, 0.4) is 0 Å². The lowest BCUT2D eigenvalue weighted by Gasteiger charge is -2.27. The summed E-state index contributed by atoms with van der Waals surface area (Å²) in [6, 6.07) is 0. The van der Waals surface area contributed by atoms with Gasteiger partial charge in [-0.2, -0.15) is 0 Å². The second kappa shape index (κ2) is 7.33. The summed E-state index contributed by atoms with van der Waals surface area (Å²) in [7, 11) is 3.38. The number of rotatable bonds is 5. The second-order valence-electron chi connectivity index (χ2n) is 4.60. The van der Waals surface area contributed by atoms with Crippen LogP contribution < -0.4 is 5.32 Å². The SMILES string of the molecule is CCN(CC(=O)N(C)C)C(=O)CC1CNCCO1. The number of nitrogens with one attached hydrogen (secondary N) is 1. The van der Waals surface area contributed by atoms with Gasteiger partial charge in [0, 0.05) is 33.7 Å². The molecule has 6 nitrogen and oxygen atoms in total. The minimum atomic E-state index is -0.0743. The van der Waals surface area contributed by atoms with E-state index in [4.69, 9.17) is 4.74 Å². The first-order chi connectivity index (χ1) is 8.54. The highest BCUT2D eigenvalue weighted by Gasteiger charge is 2.22. The van der Waals surface area contributed by atoms with Crippen molar-refractivity contribution in [3.8, 4) is 0 Å². The number of nitrogens with zero attached hydrogens (tertiary/aromatic N) is 2. The Balaban J connectivity index is 2.43. The lowest BCUT2D eigenvalue weighted by Crippen LogP contribution is -2.44. The van der Waals surface area contributed by atoms with Gasteiger partial charge in [-0.1, -0.05) is 0 Å². The predicted molar refractivity (Wildman–Crippen MR) is 68.2 cm³/mol. The van der Waals surface area contributed by atoms with Gasteiger partial charge in [-0.25, -0.2) is 0 Å². The van der Waals surface area contributed by atoms with Crippen molar-refractivity contribution in [3.63, 3.8) is 0 Å². The lowest BCUT2D eigenvalue weighted by molar-refractivity contribution is -0.141. The van der Waals surface area contributed by atoms with Gasteiger partial charge in [-0.3, -0.25) is 9.59 Å². The summed E-state index contributed by atoms with van der Waals surface area (Å²) >= 11 is 0. The number of ether oxygens (including phenoxy) is 1. The van der Waals surface area contributed by atoms with Gasteiger partial charge in [0.1, 0.15) is 0 Å². The molecule has 104 valence electrons. The van der Waals surface area contributed by atoms with E-state index in [1.165, 1.54) is 4.90 Å². The molecule has 1 atom stereocenters. The Kier molecular flexibility index (Phi) is 6.07. The predicted octanol–water partition coefficient (Wildman–Crippen LogP) is -0.698. The average molecular weight is 257 g/mol. The van der Waals surface area contributed by atoms with Crippen molar-refractivity contribution in [1.29, 1.82) is 0 Å². The van der Waals surface area contributed by atoms with E-state index < -0.39 is 0 Å². The van der Waals surface area contributed by atoms with E-state index in [9.17, 15) is 9.59 Å². The fraction of sp³-hybridized carbons (Fsp3) is 0.833. The molecule has 1 N–H and O–H groups in total. The van der Waals surface area contributed by atoms with Crippen molar-refractivity contribution in [2.75, 3.05) is 46.9 Å². The highest BCUT2D eigenvalue weighted by Crippen LogP contribution is 2.05. The molecule has 0 spiro atoms. The standard InChI is InChI=1S/C12H23N3O3/c1-4-15(9-12(17)14(2)3)11(16)7-10-8-13-5-6-18-10/h10,13H,4-9H2,1-3H3. The zero-order chi connectivity index (χ0) is 13.5. The minimum Gasteiger partial charge on any atom is -0.375 e. The van der Waals surface area contributed by atoms with Crippen molar-refractivity contribution in [2.24, 2.45) is 0 Å². The first-order valence-electron chi connectivity index (χ1n) is 6.34. The third kappa shape index (κ3) is 4.62. The van der Waals surface area contributed by atoms with E-state index in [1.54, 1.807) is 19.0 Å². The first kappa shape index (κ1) is 14.9. The maximum atomic E-state index is 12.0. The van der Waals surface area contributed by atoms with Crippen molar-refractivity contribution in [2.45, 2.75) is 19.4 Å². The molecule has 0 radical (unpaired) electrons. The molecule has 0 aromatic carbocycles. The number of carbonyl (C=O) groups excluding carboxylic acids is 2. The maximum absolute atomic E-state index is 12.0. The van der Waals surface area contributed by atoms with Crippen LogP contribution in [0.15, 0.2) is 0 Å². The van der Waals surface area contributed by atoms with Gasteiger partial charge >= 0.3 is 0 Å². The Bertz CT molecular complexity index is 288. The molecular weight excluding hydrogens is 234 g/mol. The van der Waals surface area contributed by atoms with E-state index in [0.717, 1.165) is 6.54 Å². The molecule has 1 heterocycles. The normalized spacial score (nSPS) is 19.4. The molecule has 6 heteroatoms. The molecule has 1 unspecified atom stereocenters. The smallest absolute Gasteiger partial charge is 0.241 e. The number of likely N-dealkylation sites (N-methyl/N-ethyl adjacent to an activating group) is 2. The molecule has 0 bridgehead atoms. The quantitative estimate of drug-likeness (QED) is 0.707.